The Hall–Kier alpha value is -1.60. The second-order valence-corrected chi connectivity index (χ2v) is 6.02. The largest absolute Gasteiger partial charge is 0.398 e. The molecule has 92 valence electrons. The van der Waals surface area contributed by atoms with Crippen LogP contribution in [-0.4, -0.2) is 16.1 Å². The van der Waals surface area contributed by atoms with Crippen molar-refractivity contribution >= 4 is 40.4 Å². The molecule has 1 aromatic carbocycles. The van der Waals surface area contributed by atoms with Gasteiger partial charge in [-0.15, -0.1) is 10.2 Å². The van der Waals surface area contributed by atoms with Gasteiger partial charge in [0.2, 0.25) is 5.91 Å². The molecule has 18 heavy (non-hydrogen) atoms. The lowest BCUT2D eigenvalue weighted by Crippen LogP contribution is -2.19. The third kappa shape index (κ3) is 2.19. The van der Waals surface area contributed by atoms with Crippen LogP contribution in [0.1, 0.15) is 12.0 Å². The van der Waals surface area contributed by atoms with Crippen molar-refractivity contribution in [3.05, 3.63) is 23.2 Å². The number of rotatable bonds is 2. The van der Waals surface area contributed by atoms with Crippen molar-refractivity contribution in [2.24, 2.45) is 0 Å². The molecule has 0 atom stereocenters. The second kappa shape index (κ2) is 4.58. The van der Waals surface area contributed by atoms with Crippen LogP contribution < -0.4 is 11.1 Å². The molecule has 0 unspecified atom stereocenters. The summed E-state index contributed by atoms with van der Waals surface area (Å²) in [5.41, 5.74) is 10.3. The molecule has 5 nitrogen and oxygen atoms in total. The highest BCUT2D eigenvalue weighted by Crippen LogP contribution is 2.37. The minimum atomic E-state index is 0.0476. The van der Waals surface area contributed by atoms with E-state index >= 15 is 0 Å². The van der Waals surface area contributed by atoms with E-state index in [1.165, 1.54) is 23.1 Å². The summed E-state index contributed by atoms with van der Waals surface area (Å²) in [7, 11) is 0. The van der Waals surface area contributed by atoms with Gasteiger partial charge in [-0.3, -0.25) is 4.79 Å². The first-order chi connectivity index (χ1) is 8.72. The summed E-state index contributed by atoms with van der Waals surface area (Å²) in [5.74, 6) is 0.0476. The number of carbonyl (C=O) groups excluding carboxylic acids is 1. The molecule has 2 heterocycles. The van der Waals surface area contributed by atoms with Crippen LogP contribution in [0, 0.1) is 0 Å². The number of nitrogens with one attached hydrogen (secondary N) is 1. The van der Waals surface area contributed by atoms with Gasteiger partial charge in [-0.2, -0.15) is 0 Å². The number of benzene rings is 1. The van der Waals surface area contributed by atoms with Gasteiger partial charge in [0.15, 0.2) is 4.34 Å². The first-order valence-electron chi connectivity index (χ1n) is 5.38. The number of nitrogens with two attached hydrogens (primary N) is 1. The fraction of sp³-hybridized carbons (Fsp3) is 0.182. The van der Waals surface area contributed by atoms with Gasteiger partial charge in [-0.05, 0) is 24.1 Å². The number of aryl methyl sites for hydroxylation is 1. The van der Waals surface area contributed by atoms with Crippen molar-refractivity contribution < 1.29 is 4.79 Å². The quantitative estimate of drug-likeness (QED) is 0.823. The molecular weight excluding hydrogens is 268 g/mol. The van der Waals surface area contributed by atoms with E-state index in [4.69, 9.17) is 5.73 Å². The molecule has 0 fully saturated rings. The Morgan fingerprint density at radius 2 is 2.28 bits per heavy atom. The molecular formula is C11H10N4OS2. The lowest BCUT2D eigenvalue weighted by molar-refractivity contribution is -0.116. The van der Waals surface area contributed by atoms with E-state index in [2.05, 4.69) is 15.5 Å². The third-order valence-electron chi connectivity index (χ3n) is 2.67. The van der Waals surface area contributed by atoms with E-state index < -0.39 is 0 Å². The molecule has 7 heteroatoms. The van der Waals surface area contributed by atoms with Crippen LogP contribution in [0.2, 0.25) is 0 Å². The van der Waals surface area contributed by atoms with E-state index in [1.54, 1.807) is 5.51 Å². The van der Waals surface area contributed by atoms with Crippen LogP contribution in [0.3, 0.4) is 0 Å². The first-order valence-corrected chi connectivity index (χ1v) is 7.08. The summed E-state index contributed by atoms with van der Waals surface area (Å²) in [6.07, 6.45) is 1.28. The Bertz CT molecular complexity index is 597. The number of fused-ring (bicyclic) bond motifs is 1. The highest BCUT2D eigenvalue weighted by Gasteiger charge is 2.17. The number of carbonyl (C=O) groups is 1. The van der Waals surface area contributed by atoms with Crippen LogP contribution in [0.5, 0.6) is 0 Å². The minimum absolute atomic E-state index is 0.0476. The molecule has 1 aliphatic heterocycles. The van der Waals surface area contributed by atoms with Crippen molar-refractivity contribution in [3.8, 4) is 0 Å². The number of amides is 1. The van der Waals surface area contributed by atoms with E-state index in [0.717, 1.165) is 26.9 Å². The molecule has 3 N–H and O–H groups in total. The SMILES string of the molecule is Nc1cc2c(cc1Sc1nncs1)CCC(=O)N2. The number of hydrogen-bond donors (Lipinski definition) is 2. The Morgan fingerprint density at radius 1 is 1.39 bits per heavy atom. The maximum atomic E-state index is 11.3. The zero-order chi connectivity index (χ0) is 12.5. The average molecular weight is 278 g/mol. The van der Waals surface area contributed by atoms with Crippen molar-refractivity contribution in [2.45, 2.75) is 22.1 Å². The number of anilines is 2. The summed E-state index contributed by atoms with van der Waals surface area (Å²) in [5, 5.41) is 10.6. The minimum Gasteiger partial charge on any atom is -0.398 e. The number of aromatic nitrogens is 2. The number of nitrogens with zero attached hydrogens (tertiary/aromatic N) is 2. The maximum Gasteiger partial charge on any atom is 0.224 e. The van der Waals surface area contributed by atoms with Crippen molar-refractivity contribution in [1.82, 2.24) is 10.2 Å². The van der Waals surface area contributed by atoms with E-state index in [1.807, 2.05) is 12.1 Å². The lowest BCUT2D eigenvalue weighted by Gasteiger charge is -2.18. The summed E-state index contributed by atoms with van der Waals surface area (Å²) in [6.45, 7) is 0. The van der Waals surface area contributed by atoms with E-state index in [9.17, 15) is 4.79 Å². The molecule has 0 aliphatic carbocycles. The van der Waals surface area contributed by atoms with E-state index in [-0.39, 0.29) is 5.91 Å². The standard InChI is InChI=1S/C11H10N4OS2/c12-7-4-8-6(1-2-10(16)14-8)3-9(7)18-11-15-13-5-17-11/h3-5H,1-2,12H2,(H,14,16). The topological polar surface area (TPSA) is 80.9 Å². The van der Waals surface area contributed by atoms with Gasteiger partial charge in [0.05, 0.1) is 0 Å². The Labute approximate surface area is 112 Å². The van der Waals surface area contributed by atoms with Crippen LogP contribution in [0.25, 0.3) is 0 Å². The van der Waals surface area contributed by atoms with Gasteiger partial charge in [0, 0.05) is 22.7 Å². The molecule has 0 saturated heterocycles. The average Bonchev–Trinajstić information content (AvgIpc) is 2.83. The molecule has 0 radical (unpaired) electrons. The first kappa shape index (κ1) is 11.5. The monoisotopic (exact) mass is 278 g/mol. The van der Waals surface area contributed by atoms with Crippen molar-refractivity contribution in [3.63, 3.8) is 0 Å². The molecule has 0 spiro atoms. The fourth-order valence-electron chi connectivity index (χ4n) is 1.81. The third-order valence-corrected chi connectivity index (χ3v) is 4.52. The Balaban J connectivity index is 1.94. The predicted molar refractivity (Wildman–Crippen MR) is 71.8 cm³/mol. The lowest BCUT2D eigenvalue weighted by atomic mass is 10.0. The molecule has 3 rings (SSSR count). The fourth-order valence-corrected chi connectivity index (χ4v) is 3.34. The van der Waals surface area contributed by atoms with Crippen LogP contribution >= 0.6 is 23.1 Å². The summed E-state index contributed by atoms with van der Waals surface area (Å²) in [4.78, 5) is 12.3. The van der Waals surface area contributed by atoms with Crippen molar-refractivity contribution in [2.75, 3.05) is 11.1 Å². The molecule has 2 aromatic rings. The smallest absolute Gasteiger partial charge is 0.224 e. The van der Waals surface area contributed by atoms with Gasteiger partial charge >= 0.3 is 0 Å². The maximum absolute atomic E-state index is 11.3. The zero-order valence-corrected chi connectivity index (χ0v) is 11.0. The molecule has 0 bridgehead atoms. The molecule has 1 aromatic heterocycles. The normalized spacial score (nSPS) is 14.1. The number of hydrogen-bond acceptors (Lipinski definition) is 6. The Kier molecular flexibility index (Phi) is 2.92. The van der Waals surface area contributed by atoms with Gasteiger partial charge < -0.3 is 11.1 Å². The molecule has 1 aliphatic rings. The highest BCUT2D eigenvalue weighted by atomic mass is 32.2. The summed E-state index contributed by atoms with van der Waals surface area (Å²) < 4.78 is 0.862. The Morgan fingerprint density at radius 3 is 3.06 bits per heavy atom. The number of nitrogen functional groups attached to an aromatic ring is 1. The van der Waals surface area contributed by atoms with Crippen molar-refractivity contribution in [1.29, 1.82) is 0 Å². The van der Waals surface area contributed by atoms with Gasteiger partial charge in [0.25, 0.3) is 0 Å². The zero-order valence-electron chi connectivity index (χ0n) is 9.34. The summed E-state index contributed by atoms with van der Waals surface area (Å²) in [6, 6.07) is 3.84. The van der Waals surface area contributed by atoms with Crippen LogP contribution in [-0.2, 0) is 11.2 Å². The molecule has 1 amide bonds. The molecule has 0 saturated carbocycles. The van der Waals surface area contributed by atoms with Gasteiger partial charge in [-0.1, -0.05) is 23.1 Å². The van der Waals surface area contributed by atoms with E-state index in [0.29, 0.717) is 12.1 Å². The van der Waals surface area contributed by atoms with Crippen LogP contribution in [0.4, 0.5) is 11.4 Å². The highest BCUT2D eigenvalue weighted by molar-refractivity contribution is 8.01. The van der Waals surface area contributed by atoms with Gasteiger partial charge in [0.1, 0.15) is 5.51 Å². The summed E-state index contributed by atoms with van der Waals surface area (Å²) >= 11 is 2.98. The van der Waals surface area contributed by atoms with Gasteiger partial charge in [-0.25, -0.2) is 0 Å². The second-order valence-electron chi connectivity index (χ2n) is 3.90. The van der Waals surface area contributed by atoms with Crippen LogP contribution in [0.15, 0.2) is 26.9 Å². The predicted octanol–water partition coefficient (Wildman–Crippen LogP) is 2.16.